The summed E-state index contributed by atoms with van der Waals surface area (Å²) in [6.07, 6.45) is 3.63. The van der Waals surface area contributed by atoms with Crippen molar-refractivity contribution in [2.75, 3.05) is 0 Å². The lowest BCUT2D eigenvalue weighted by Crippen LogP contribution is -1.96. The van der Waals surface area contributed by atoms with Gasteiger partial charge in [-0.2, -0.15) is 0 Å². The van der Waals surface area contributed by atoms with E-state index in [0.29, 0.717) is 0 Å². The molecule has 0 aliphatic carbocycles. The van der Waals surface area contributed by atoms with Gasteiger partial charge in [-0.1, -0.05) is 48.5 Å². The third-order valence-electron chi connectivity index (χ3n) is 7.14. The van der Waals surface area contributed by atoms with Crippen LogP contribution in [-0.4, -0.2) is 14.5 Å². The second-order valence-electron chi connectivity index (χ2n) is 9.49. The summed E-state index contributed by atoms with van der Waals surface area (Å²) in [5.41, 5.74) is 6.43. The number of hydrogen-bond acceptors (Lipinski definition) is 4. The second kappa shape index (κ2) is 8.57. The molecule has 0 amide bonds. The molecule has 8 rings (SSSR count). The van der Waals surface area contributed by atoms with E-state index in [1.807, 2.05) is 91.1 Å². The third kappa shape index (κ3) is 3.48. The Labute approximate surface area is 223 Å². The van der Waals surface area contributed by atoms with E-state index in [0.717, 1.165) is 72.3 Å². The summed E-state index contributed by atoms with van der Waals surface area (Å²) in [5.74, 6) is 1.48. The molecule has 0 aliphatic heterocycles. The average Bonchev–Trinajstić information content (AvgIpc) is 3.54. The topological polar surface area (TPSA) is 53.1 Å². The van der Waals surface area contributed by atoms with Crippen LogP contribution in [0.15, 0.2) is 132 Å². The number of benzene rings is 4. The fourth-order valence-electron chi connectivity index (χ4n) is 5.43. The lowest BCUT2D eigenvalue weighted by molar-refractivity contribution is 0.482. The SMILES string of the molecule is c1ccc(-c2cccc(Oc3cccc(-n4c5ncccc5c5ccc6c7ccccc7oc6c54)c3)c2)nc1. The quantitative estimate of drug-likeness (QED) is 0.241. The first-order valence-electron chi connectivity index (χ1n) is 12.8. The maximum absolute atomic E-state index is 6.45. The fraction of sp³-hybridized carbons (Fsp3) is 0. The van der Waals surface area contributed by atoms with Gasteiger partial charge >= 0.3 is 0 Å². The van der Waals surface area contributed by atoms with E-state index in [9.17, 15) is 0 Å². The van der Waals surface area contributed by atoms with Crippen molar-refractivity contribution in [3.8, 4) is 28.4 Å². The van der Waals surface area contributed by atoms with Gasteiger partial charge in [-0.25, -0.2) is 4.98 Å². The predicted octanol–water partition coefficient (Wildman–Crippen LogP) is 8.93. The van der Waals surface area contributed by atoms with E-state index in [2.05, 4.69) is 39.9 Å². The van der Waals surface area contributed by atoms with Crippen LogP contribution in [0.3, 0.4) is 0 Å². The molecule has 5 nitrogen and oxygen atoms in total. The van der Waals surface area contributed by atoms with Crippen molar-refractivity contribution in [2.24, 2.45) is 0 Å². The van der Waals surface area contributed by atoms with Crippen LogP contribution in [0.5, 0.6) is 11.5 Å². The van der Waals surface area contributed by atoms with Crippen molar-refractivity contribution in [3.63, 3.8) is 0 Å². The number of pyridine rings is 2. The second-order valence-corrected chi connectivity index (χ2v) is 9.49. The number of rotatable bonds is 4. The first-order chi connectivity index (χ1) is 19.3. The molecule has 4 aromatic heterocycles. The van der Waals surface area contributed by atoms with Gasteiger partial charge in [0.05, 0.1) is 16.9 Å². The maximum atomic E-state index is 6.45. The molecule has 0 fully saturated rings. The summed E-state index contributed by atoms with van der Waals surface area (Å²) in [4.78, 5) is 9.26. The molecule has 5 heteroatoms. The van der Waals surface area contributed by atoms with Crippen LogP contribution in [0, 0.1) is 0 Å². The van der Waals surface area contributed by atoms with Gasteiger partial charge in [-0.15, -0.1) is 0 Å². The normalized spacial score (nSPS) is 11.6. The Morgan fingerprint density at radius 3 is 2.31 bits per heavy atom. The highest BCUT2D eigenvalue weighted by atomic mass is 16.5. The third-order valence-corrected chi connectivity index (χ3v) is 7.14. The Hall–Kier alpha value is -5.42. The van der Waals surface area contributed by atoms with Gasteiger partial charge in [-0.05, 0) is 60.7 Å². The molecule has 0 radical (unpaired) electrons. The van der Waals surface area contributed by atoms with E-state index >= 15 is 0 Å². The summed E-state index contributed by atoms with van der Waals surface area (Å²) >= 11 is 0. The first-order valence-corrected chi connectivity index (χ1v) is 12.8. The van der Waals surface area contributed by atoms with Gasteiger partial charge in [0.1, 0.15) is 22.7 Å². The summed E-state index contributed by atoms with van der Waals surface area (Å²) in [6.45, 7) is 0. The molecule has 0 unspecified atom stereocenters. The van der Waals surface area contributed by atoms with Gasteiger partial charge in [-0.3, -0.25) is 9.55 Å². The Balaban J connectivity index is 1.30. The Morgan fingerprint density at radius 2 is 1.38 bits per heavy atom. The van der Waals surface area contributed by atoms with Crippen molar-refractivity contribution >= 4 is 43.9 Å². The smallest absolute Gasteiger partial charge is 0.160 e. The molecular formula is C34H21N3O2. The number of ether oxygens (including phenoxy) is 1. The molecule has 0 saturated heterocycles. The van der Waals surface area contributed by atoms with Crippen LogP contribution in [-0.2, 0) is 0 Å². The van der Waals surface area contributed by atoms with Crippen molar-refractivity contribution in [1.29, 1.82) is 0 Å². The Bertz CT molecular complexity index is 2160. The molecule has 4 aromatic carbocycles. The molecule has 0 bridgehead atoms. The molecule has 0 atom stereocenters. The van der Waals surface area contributed by atoms with Gasteiger partial charge < -0.3 is 9.15 Å². The van der Waals surface area contributed by atoms with Crippen LogP contribution in [0.4, 0.5) is 0 Å². The van der Waals surface area contributed by atoms with Gasteiger partial charge in [0, 0.05) is 45.6 Å². The lowest BCUT2D eigenvalue weighted by atomic mass is 10.1. The lowest BCUT2D eigenvalue weighted by Gasteiger charge is -2.11. The Kier molecular flexibility index (Phi) is 4.76. The molecule has 0 aliphatic rings. The highest BCUT2D eigenvalue weighted by Crippen LogP contribution is 2.40. The number of hydrogen-bond donors (Lipinski definition) is 0. The molecule has 0 spiro atoms. The summed E-state index contributed by atoms with van der Waals surface area (Å²) in [6, 6.07) is 38.5. The minimum absolute atomic E-state index is 0.730. The number of para-hydroxylation sites is 1. The number of fused-ring (bicyclic) bond motifs is 7. The summed E-state index contributed by atoms with van der Waals surface area (Å²) < 4.78 is 15.0. The average molecular weight is 504 g/mol. The Morgan fingerprint density at radius 1 is 0.590 bits per heavy atom. The number of nitrogens with zero attached hydrogens (tertiary/aromatic N) is 3. The number of aromatic nitrogens is 3. The fourth-order valence-corrected chi connectivity index (χ4v) is 5.43. The minimum Gasteiger partial charge on any atom is -0.457 e. The zero-order chi connectivity index (χ0) is 25.8. The van der Waals surface area contributed by atoms with Gasteiger partial charge in [0.2, 0.25) is 0 Å². The molecule has 8 aromatic rings. The largest absolute Gasteiger partial charge is 0.457 e. The van der Waals surface area contributed by atoms with Crippen molar-refractivity contribution in [1.82, 2.24) is 14.5 Å². The number of furan rings is 1. The van der Waals surface area contributed by atoms with E-state index in [4.69, 9.17) is 14.1 Å². The minimum atomic E-state index is 0.730. The molecule has 0 saturated carbocycles. The van der Waals surface area contributed by atoms with Gasteiger partial charge in [0.15, 0.2) is 5.58 Å². The molecule has 4 heterocycles. The highest BCUT2D eigenvalue weighted by molar-refractivity contribution is 6.20. The molecular weight excluding hydrogens is 482 g/mol. The van der Waals surface area contributed by atoms with E-state index in [1.165, 1.54) is 0 Å². The van der Waals surface area contributed by atoms with E-state index < -0.39 is 0 Å². The van der Waals surface area contributed by atoms with Crippen LogP contribution in [0.1, 0.15) is 0 Å². The van der Waals surface area contributed by atoms with E-state index in [-0.39, 0.29) is 0 Å². The highest BCUT2D eigenvalue weighted by Gasteiger charge is 2.19. The zero-order valence-corrected chi connectivity index (χ0v) is 20.8. The molecule has 39 heavy (non-hydrogen) atoms. The van der Waals surface area contributed by atoms with Crippen LogP contribution in [0.2, 0.25) is 0 Å². The van der Waals surface area contributed by atoms with Crippen LogP contribution < -0.4 is 4.74 Å². The maximum Gasteiger partial charge on any atom is 0.160 e. The van der Waals surface area contributed by atoms with Gasteiger partial charge in [0.25, 0.3) is 0 Å². The van der Waals surface area contributed by atoms with Crippen molar-refractivity contribution in [3.05, 3.63) is 128 Å². The summed E-state index contributed by atoms with van der Waals surface area (Å²) in [5, 5.41) is 4.35. The van der Waals surface area contributed by atoms with Crippen molar-refractivity contribution < 1.29 is 9.15 Å². The monoisotopic (exact) mass is 503 g/mol. The summed E-state index contributed by atoms with van der Waals surface area (Å²) in [7, 11) is 0. The molecule has 184 valence electrons. The van der Waals surface area contributed by atoms with Crippen LogP contribution in [0.25, 0.3) is 60.8 Å². The van der Waals surface area contributed by atoms with Crippen molar-refractivity contribution in [2.45, 2.75) is 0 Å². The predicted molar refractivity (Wildman–Crippen MR) is 156 cm³/mol. The molecule has 0 N–H and O–H groups in total. The van der Waals surface area contributed by atoms with E-state index in [1.54, 1.807) is 6.20 Å². The first kappa shape index (κ1) is 21.6. The zero-order valence-electron chi connectivity index (χ0n) is 20.8. The standard InChI is InChI=1S/C34H21N3O2/c1-2-15-31-26(12-1)28-17-16-27-29-13-7-19-36-34(29)37(32(27)33(28)39-31)23-9-6-11-25(21-23)38-24-10-5-8-22(20-24)30-14-3-4-18-35-30/h1-21H. The van der Waals surface area contributed by atoms with Crippen LogP contribution >= 0.6 is 0 Å².